The van der Waals surface area contributed by atoms with Crippen molar-refractivity contribution in [1.29, 1.82) is 0 Å². The molecule has 5 rings (SSSR count). The lowest BCUT2D eigenvalue weighted by molar-refractivity contribution is -0.117. The summed E-state index contributed by atoms with van der Waals surface area (Å²) in [5.41, 5.74) is 5.69. The number of carbonyl (C=O) groups excluding carboxylic acids is 1. The Balaban J connectivity index is 1.75. The molecule has 3 heterocycles. The van der Waals surface area contributed by atoms with Crippen LogP contribution in [0.4, 0.5) is 5.69 Å². The molecule has 1 N–H and O–H groups in total. The molecule has 6 nitrogen and oxygen atoms in total. The summed E-state index contributed by atoms with van der Waals surface area (Å²) in [5, 5.41) is 4.11. The van der Waals surface area contributed by atoms with Crippen LogP contribution in [0.15, 0.2) is 16.7 Å². The Labute approximate surface area is 157 Å². The van der Waals surface area contributed by atoms with E-state index in [9.17, 15) is 4.79 Å². The highest BCUT2D eigenvalue weighted by Crippen LogP contribution is 2.43. The molecule has 1 aliphatic carbocycles. The van der Waals surface area contributed by atoms with E-state index in [0.717, 1.165) is 58.0 Å². The van der Waals surface area contributed by atoms with Gasteiger partial charge in [0.1, 0.15) is 17.1 Å². The Bertz CT molecular complexity index is 1020. The van der Waals surface area contributed by atoms with E-state index in [4.69, 9.17) is 9.51 Å². The van der Waals surface area contributed by atoms with Crippen molar-refractivity contribution in [2.24, 2.45) is 0 Å². The Morgan fingerprint density at radius 3 is 2.74 bits per heavy atom. The smallest absolute Gasteiger partial charge is 0.227 e. The summed E-state index contributed by atoms with van der Waals surface area (Å²) in [7, 11) is 0. The Morgan fingerprint density at radius 1 is 1.26 bits per heavy atom. The lowest BCUT2D eigenvalue weighted by Crippen LogP contribution is -2.32. The van der Waals surface area contributed by atoms with Gasteiger partial charge in [0.2, 0.25) is 5.91 Å². The van der Waals surface area contributed by atoms with Crippen molar-refractivity contribution in [3.05, 3.63) is 29.4 Å². The molecular weight excluding hydrogens is 340 g/mol. The number of benzene rings is 1. The number of nitrogens with one attached hydrogen (secondary N) is 1. The van der Waals surface area contributed by atoms with Crippen LogP contribution in [0.2, 0.25) is 0 Å². The van der Waals surface area contributed by atoms with E-state index >= 15 is 0 Å². The minimum atomic E-state index is 0.190. The van der Waals surface area contributed by atoms with Gasteiger partial charge < -0.3 is 14.4 Å². The van der Waals surface area contributed by atoms with Crippen LogP contribution >= 0.6 is 0 Å². The maximum atomic E-state index is 12.7. The number of amides is 1. The highest BCUT2D eigenvalue weighted by Gasteiger charge is 2.34. The van der Waals surface area contributed by atoms with Crippen molar-refractivity contribution in [1.82, 2.24) is 15.1 Å². The van der Waals surface area contributed by atoms with Crippen LogP contribution in [-0.4, -0.2) is 27.1 Å². The predicted molar refractivity (Wildman–Crippen MR) is 104 cm³/mol. The van der Waals surface area contributed by atoms with Crippen LogP contribution in [0.3, 0.4) is 0 Å². The topological polar surface area (TPSA) is 75.0 Å². The minimum Gasteiger partial charge on any atom is -0.361 e. The summed E-state index contributed by atoms with van der Waals surface area (Å²) < 4.78 is 5.39. The van der Waals surface area contributed by atoms with E-state index in [2.05, 4.69) is 29.2 Å². The molecule has 0 spiro atoms. The molecule has 0 radical (unpaired) electrons. The zero-order valence-corrected chi connectivity index (χ0v) is 16.0. The summed E-state index contributed by atoms with van der Waals surface area (Å²) in [6.45, 7) is 6.03. The van der Waals surface area contributed by atoms with Crippen molar-refractivity contribution in [2.75, 3.05) is 4.90 Å². The van der Waals surface area contributed by atoms with E-state index < -0.39 is 0 Å². The van der Waals surface area contributed by atoms with Gasteiger partial charge in [0, 0.05) is 23.9 Å². The Kier molecular flexibility index (Phi) is 3.64. The third-order valence-electron chi connectivity index (χ3n) is 5.93. The van der Waals surface area contributed by atoms with E-state index in [1.165, 1.54) is 12.8 Å². The van der Waals surface area contributed by atoms with Gasteiger partial charge in [-0.25, -0.2) is 4.98 Å². The van der Waals surface area contributed by atoms with E-state index in [1.54, 1.807) is 0 Å². The SMILES string of the molecule is CCC1CCC(=O)N1c1cc(-c2c(C)noc2C)cc2[nH]c(C3CC3)nc12. The van der Waals surface area contributed by atoms with Gasteiger partial charge in [-0.05, 0) is 57.2 Å². The fraction of sp³-hybridized carbons (Fsp3) is 0.476. The monoisotopic (exact) mass is 364 g/mol. The molecule has 2 aliphatic rings. The first kappa shape index (κ1) is 16.5. The first-order valence-electron chi connectivity index (χ1n) is 9.85. The second-order valence-electron chi connectivity index (χ2n) is 7.85. The zero-order valence-electron chi connectivity index (χ0n) is 16.0. The third-order valence-corrected chi connectivity index (χ3v) is 5.93. The molecule has 1 saturated heterocycles. The van der Waals surface area contributed by atoms with Crippen molar-refractivity contribution in [3.8, 4) is 11.1 Å². The molecule has 140 valence electrons. The highest BCUT2D eigenvalue weighted by atomic mass is 16.5. The molecule has 1 amide bonds. The number of hydrogen-bond acceptors (Lipinski definition) is 4. The summed E-state index contributed by atoms with van der Waals surface area (Å²) in [6.07, 6.45) is 4.84. The van der Waals surface area contributed by atoms with Crippen molar-refractivity contribution < 1.29 is 9.32 Å². The number of aromatic nitrogens is 3. The molecule has 0 bridgehead atoms. The number of hydrogen-bond donors (Lipinski definition) is 1. The van der Waals surface area contributed by atoms with Crippen LogP contribution < -0.4 is 4.90 Å². The molecule has 27 heavy (non-hydrogen) atoms. The van der Waals surface area contributed by atoms with Crippen LogP contribution in [-0.2, 0) is 4.79 Å². The van der Waals surface area contributed by atoms with Crippen LogP contribution in [0, 0.1) is 13.8 Å². The van der Waals surface area contributed by atoms with Gasteiger partial charge in [0.25, 0.3) is 0 Å². The van der Waals surface area contributed by atoms with Crippen LogP contribution in [0.25, 0.3) is 22.2 Å². The summed E-state index contributed by atoms with van der Waals surface area (Å²) in [5.74, 6) is 2.56. The third kappa shape index (κ3) is 2.58. The van der Waals surface area contributed by atoms with Crippen molar-refractivity contribution in [3.63, 3.8) is 0 Å². The quantitative estimate of drug-likeness (QED) is 0.733. The first-order valence-corrected chi connectivity index (χ1v) is 9.85. The molecule has 1 unspecified atom stereocenters. The summed E-state index contributed by atoms with van der Waals surface area (Å²) in [4.78, 5) is 23.1. The van der Waals surface area contributed by atoms with Crippen LogP contribution in [0.1, 0.15) is 62.2 Å². The molecule has 2 fully saturated rings. The molecule has 1 aromatic carbocycles. The second-order valence-corrected chi connectivity index (χ2v) is 7.85. The van der Waals surface area contributed by atoms with Crippen LogP contribution in [0.5, 0.6) is 0 Å². The van der Waals surface area contributed by atoms with Crippen molar-refractivity contribution in [2.45, 2.75) is 64.8 Å². The van der Waals surface area contributed by atoms with Gasteiger partial charge in [-0.15, -0.1) is 0 Å². The number of rotatable bonds is 4. The van der Waals surface area contributed by atoms with Gasteiger partial charge in [-0.3, -0.25) is 4.79 Å². The number of carbonyl (C=O) groups is 1. The Morgan fingerprint density at radius 2 is 2.07 bits per heavy atom. The molecule has 3 aromatic rings. The normalized spacial score (nSPS) is 20.2. The summed E-state index contributed by atoms with van der Waals surface area (Å²) >= 11 is 0. The lowest BCUT2D eigenvalue weighted by Gasteiger charge is -2.25. The minimum absolute atomic E-state index is 0.190. The zero-order chi connectivity index (χ0) is 18.7. The average molecular weight is 364 g/mol. The number of anilines is 1. The molecular formula is C21H24N4O2. The highest BCUT2D eigenvalue weighted by molar-refractivity contribution is 6.05. The second kappa shape index (κ2) is 5.94. The molecule has 1 saturated carbocycles. The van der Waals surface area contributed by atoms with Gasteiger partial charge >= 0.3 is 0 Å². The van der Waals surface area contributed by atoms with Gasteiger partial charge in [-0.1, -0.05) is 12.1 Å². The number of fused-ring (bicyclic) bond motifs is 1. The van der Waals surface area contributed by atoms with E-state index in [-0.39, 0.29) is 11.9 Å². The molecule has 1 aliphatic heterocycles. The first-order chi connectivity index (χ1) is 13.1. The fourth-order valence-corrected chi connectivity index (χ4v) is 4.35. The van der Waals surface area contributed by atoms with Gasteiger partial charge in [-0.2, -0.15) is 0 Å². The maximum absolute atomic E-state index is 12.7. The predicted octanol–water partition coefficient (Wildman–Crippen LogP) is 4.62. The maximum Gasteiger partial charge on any atom is 0.227 e. The number of H-pyrrole nitrogens is 1. The van der Waals surface area contributed by atoms with Crippen molar-refractivity contribution >= 4 is 22.6 Å². The van der Waals surface area contributed by atoms with E-state index in [0.29, 0.717) is 12.3 Å². The van der Waals surface area contributed by atoms with Gasteiger partial charge in [0.05, 0.1) is 16.9 Å². The lowest BCUT2D eigenvalue weighted by atomic mass is 10.0. The molecule has 6 heteroatoms. The number of aryl methyl sites for hydroxylation is 2. The largest absolute Gasteiger partial charge is 0.361 e. The van der Waals surface area contributed by atoms with Gasteiger partial charge in [0.15, 0.2) is 0 Å². The number of aromatic amines is 1. The average Bonchev–Trinajstić information content (AvgIpc) is 3.18. The molecule has 2 aromatic heterocycles. The standard InChI is InChI=1S/C21H24N4O2/c1-4-15-7-8-18(26)25(15)17-10-14(19-11(2)24-27-12(19)3)9-16-20(17)23-21(22-16)13-5-6-13/h9-10,13,15H,4-8H2,1-3H3,(H,22,23). The molecule has 1 atom stereocenters. The van der Waals surface area contributed by atoms with E-state index in [1.807, 2.05) is 18.7 Å². The number of imidazole rings is 1. The fourth-order valence-electron chi connectivity index (χ4n) is 4.35. The summed E-state index contributed by atoms with van der Waals surface area (Å²) in [6, 6.07) is 4.45. The number of nitrogens with zero attached hydrogens (tertiary/aromatic N) is 3. The Hall–Kier alpha value is -2.63.